The zero-order chi connectivity index (χ0) is 32.5. The van der Waals surface area contributed by atoms with Gasteiger partial charge in [0.1, 0.15) is 41.0 Å². The first-order valence-corrected chi connectivity index (χ1v) is 14.6. The molecule has 0 unspecified atom stereocenters. The first-order valence-electron chi connectivity index (χ1n) is 14.6. The van der Waals surface area contributed by atoms with Gasteiger partial charge in [-0.2, -0.15) is 0 Å². The van der Waals surface area contributed by atoms with Crippen molar-refractivity contribution in [1.29, 1.82) is 0 Å². The zero-order valence-corrected chi connectivity index (χ0v) is 24.3. The highest BCUT2D eigenvalue weighted by Gasteiger charge is 2.56. The average Bonchev–Trinajstić information content (AvgIpc) is 3.53. The van der Waals surface area contributed by atoms with Crippen molar-refractivity contribution >= 4 is 28.8 Å². The molecule has 2 fully saturated rings. The number of amides is 3. The van der Waals surface area contributed by atoms with Gasteiger partial charge in [0.2, 0.25) is 11.3 Å². The van der Waals surface area contributed by atoms with E-state index in [0.29, 0.717) is 36.3 Å². The van der Waals surface area contributed by atoms with Crippen molar-refractivity contribution in [3.05, 3.63) is 92.9 Å². The fourth-order valence-corrected chi connectivity index (χ4v) is 6.61. The van der Waals surface area contributed by atoms with Crippen LogP contribution in [0.5, 0.6) is 5.75 Å². The Kier molecular flexibility index (Phi) is 6.88. The molecule has 2 saturated heterocycles. The molecular weight excluding hydrogens is 609 g/mol. The summed E-state index contributed by atoms with van der Waals surface area (Å²) < 4.78 is 43.0. The van der Waals surface area contributed by atoms with Crippen LogP contribution < -0.4 is 10.7 Å². The maximum atomic E-state index is 14.2. The van der Waals surface area contributed by atoms with Gasteiger partial charge in [-0.15, -0.1) is 0 Å². The molecule has 0 aliphatic carbocycles. The number of benzene rings is 2. The van der Waals surface area contributed by atoms with Crippen LogP contribution in [0.25, 0.3) is 11.0 Å². The van der Waals surface area contributed by atoms with E-state index in [1.165, 1.54) is 14.5 Å². The highest BCUT2D eigenvalue weighted by Crippen LogP contribution is 2.47. The summed E-state index contributed by atoms with van der Waals surface area (Å²) in [4.78, 5) is 69.0. The van der Waals surface area contributed by atoms with Gasteiger partial charge in [-0.3, -0.25) is 24.0 Å². The second kappa shape index (κ2) is 10.7. The van der Waals surface area contributed by atoms with Crippen LogP contribution in [0.1, 0.15) is 64.5 Å². The number of aromatic nitrogens is 3. The van der Waals surface area contributed by atoms with E-state index in [-0.39, 0.29) is 37.2 Å². The fourth-order valence-electron chi connectivity index (χ4n) is 6.61. The number of hydroxylamine groups is 2. The lowest BCUT2D eigenvalue weighted by Crippen LogP contribution is -2.52. The molecule has 3 N–H and O–H groups in total. The number of aromatic hydroxyl groups is 1. The lowest BCUT2D eigenvalue weighted by molar-refractivity contribution is -0.218. The Labute approximate surface area is 258 Å². The first kappa shape index (κ1) is 29.5. The van der Waals surface area contributed by atoms with Crippen LogP contribution in [-0.2, 0) is 22.7 Å². The highest BCUT2D eigenvalue weighted by atomic mass is 19.1. The Balaban J connectivity index is 1.24. The third-order valence-electron chi connectivity index (χ3n) is 9.03. The van der Waals surface area contributed by atoms with Crippen molar-refractivity contribution in [2.24, 2.45) is 0 Å². The Bertz CT molecular complexity index is 1960. The second-order valence-corrected chi connectivity index (χ2v) is 11.8. The Hall–Kier alpha value is -5.18. The van der Waals surface area contributed by atoms with E-state index in [2.05, 4.69) is 15.3 Å². The number of para-hydroxylation sites is 2. The van der Waals surface area contributed by atoms with E-state index in [9.17, 15) is 37.5 Å². The third kappa shape index (κ3) is 4.69. The zero-order valence-electron chi connectivity index (χ0n) is 24.3. The summed E-state index contributed by atoms with van der Waals surface area (Å²) in [6, 6.07) is 7.13. The molecule has 2 aromatic heterocycles. The smallest absolute Gasteiger partial charge is 0.274 e. The molecule has 2 bridgehead atoms. The van der Waals surface area contributed by atoms with Crippen LogP contribution in [0.4, 0.5) is 13.2 Å². The lowest BCUT2D eigenvalue weighted by Gasteiger charge is -2.42. The maximum absolute atomic E-state index is 14.2. The number of aromatic amines is 1. The quantitative estimate of drug-likeness (QED) is 0.305. The number of rotatable bonds is 5. The molecule has 3 aliphatic heterocycles. The number of nitrogens with one attached hydrogen (secondary N) is 2. The molecule has 3 atom stereocenters. The Morgan fingerprint density at radius 1 is 1.17 bits per heavy atom. The van der Waals surface area contributed by atoms with Crippen LogP contribution in [0.15, 0.2) is 47.4 Å². The molecule has 7 rings (SSSR count). The van der Waals surface area contributed by atoms with Gasteiger partial charge in [0, 0.05) is 43.0 Å². The fraction of sp³-hybridized carbons (Fsp3) is 0.323. The number of nitrogens with zero attached hydrogens (tertiary/aromatic N) is 4. The highest BCUT2D eigenvalue weighted by molar-refractivity contribution is 5.99. The van der Waals surface area contributed by atoms with E-state index in [1.807, 2.05) is 31.2 Å². The van der Waals surface area contributed by atoms with Crippen molar-refractivity contribution in [3.8, 4) is 5.75 Å². The van der Waals surface area contributed by atoms with Crippen LogP contribution in [0.2, 0.25) is 0 Å². The molecule has 4 aromatic rings. The third-order valence-corrected chi connectivity index (χ3v) is 9.03. The molecule has 46 heavy (non-hydrogen) atoms. The normalized spacial score (nSPS) is 22.4. The SMILES string of the molecule is C[C@H]1CC[C@]2(CC(=O)N(Cc3nc4ccccc4[nH]3)O2)[C@H]2CN1C(=O)c1c(O)c(=O)c(C(=O)NCc3c(F)cc(F)cc3F)cn12. The number of H-pyrrole nitrogens is 1. The van der Waals surface area contributed by atoms with Crippen molar-refractivity contribution < 1.29 is 37.5 Å². The van der Waals surface area contributed by atoms with E-state index in [4.69, 9.17) is 4.84 Å². The van der Waals surface area contributed by atoms with Gasteiger partial charge in [0.25, 0.3) is 11.8 Å². The van der Waals surface area contributed by atoms with E-state index in [1.54, 1.807) is 0 Å². The summed E-state index contributed by atoms with van der Waals surface area (Å²) in [5, 5.41) is 14.5. The largest absolute Gasteiger partial charge is 0.503 e. The predicted molar refractivity (Wildman–Crippen MR) is 154 cm³/mol. The Morgan fingerprint density at radius 2 is 1.91 bits per heavy atom. The molecule has 3 amide bonds. The van der Waals surface area contributed by atoms with Crippen molar-refractivity contribution in [2.45, 2.75) is 57.0 Å². The second-order valence-electron chi connectivity index (χ2n) is 11.8. The molecule has 238 valence electrons. The van der Waals surface area contributed by atoms with Crippen LogP contribution in [-0.4, -0.2) is 65.5 Å². The molecule has 3 aliphatic rings. The Morgan fingerprint density at radius 3 is 2.65 bits per heavy atom. The monoisotopic (exact) mass is 636 g/mol. The summed E-state index contributed by atoms with van der Waals surface area (Å²) in [5.41, 5.74) is -2.51. The van der Waals surface area contributed by atoms with Gasteiger partial charge in [0.05, 0.1) is 23.5 Å². The molecule has 12 nitrogen and oxygen atoms in total. The van der Waals surface area contributed by atoms with Crippen molar-refractivity contribution in [2.75, 3.05) is 6.54 Å². The summed E-state index contributed by atoms with van der Waals surface area (Å²) in [7, 11) is 0. The van der Waals surface area contributed by atoms with Crippen LogP contribution >= 0.6 is 0 Å². The number of carbonyl (C=O) groups is 3. The van der Waals surface area contributed by atoms with Gasteiger partial charge in [-0.25, -0.2) is 23.2 Å². The van der Waals surface area contributed by atoms with Crippen LogP contribution in [0.3, 0.4) is 0 Å². The molecule has 1 spiro atoms. The molecule has 5 heterocycles. The van der Waals surface area contributed by atoms with Gasteiger partial charge in [0.15, 0.2) is 11.4 Å². The minimum atomic E-state index is -1.24. The van der Waals surface area contributed by atoms with Crippen molar-refractivity contribution in [3.63, 3.8) is 0 Å². The first-order chi connectivity index (χ1) is 22.0. The number of halogens is 3. The molecule has 0 radical (unpaired) electrons. The number of hydrogen-bond donors (Lipinski definition) is 3. The van der Waals surface area contributed by atoms with Crippen LogP contribution in [0, 0.1) is 17.5 Å². The predicted octanol–water partition coefficient (Wildman–Crippen LogP) is 3.06. The minimum Gasteiger partial charge on any atom is -0.503 e. The van der Waals surface area contributed by atoms with E-state index in [0.717, 1.165) is 11.7 Å². The van der Waals surface area contributed by atoms with Crippen molar-refractivity contribution in [1.82, 2.24) is 29.8 Å². The van der Waals surface area contributed by atoms with E-state index >= 15 is 0 Å². The topological polar surface area (TPSA) is 150 Å². The summed E-state index contributed by atoms with van der Waals surface area (Å²) in [6.07, 6.45) is 1.76. The minimum absolute atomic E-state index is 0.00656. The molecule has 15 heteroatoms. The summed E-state index contributed by atoms with van der Waals surface area (Å²) in [6.45, 7) is 1.14. The lowest BCUT2D eigenvalue weighted by atomic mass is 9.85. The number of pyridine rings is 1. The number of carbonyl (C=O) groups excluding carboxylic acids is 3. The number of fused-ring (bicyclic) bond motifs is 6. The molecule has 0 saturated carbocycles. The van der Waals surface area contributed by atoms with E-state index < -0.39 is 69.8 Å². The maximum Gasteiger partial charge on any atom is 0.274 e. The molecular formula is C31H27F3N6O6. The summed E-state index contributed by atoms with van der Waals surface area (Å²) in [5.74, 6) is -6.19. The van der Waals surface area contributed by atoms with Gasteiger partial charge in [-0.1, -0.05) is 12.1 Å². The standard InChI is InChI=1S/C31H27F3N6O6/c1-15-6-7-31(10-25(41)40(46-31)14-24-36-21-4-2-3-5-22(21)37-24)23-13-38(15)30(45)26-28(43)27(42)18(12-39(23)26)29(44)35-11-17-19(33)8-16(32)9-20(17)34/h2-5,8-9,12,15,23,43H,6-7,10-11,13-14H2,1H3,(H,35,44)(H,36,37)/t15-,23+,31-/m0/s1. The van der Waals surface area contributed by atoms with Gasteiger partial charge in [-0.05, 0) is 31.9 Å². The molecule has 2 aromatic carbocycles. The number of hydrogen-bond acceptors (Lipinski definition) is 7. The van der Waals surface area contributed by atoms with Gasteiger partial charge < -0.3 is 24.9 Å². The number of imidazole rings is 1. The average molecular weight is 637 g/mol. The van der Waals surface area contributed by atoms with Gasteiger partial charge >= 0.3 is 0 Å². The summed E-state index contributed by atoms with van der Waals surface area (Å²) >= 11 is 0.